The highest BCUT2D eigenvalue weighted by molar-refractivity contribution is 7.89. The summed E-state index contributed by atoms with van der Waals surface area (Å²) >= 11 is 0. The predicted octanol–water partition coefficient (Wildman–Crippen LogP) is 2.65. The zero-order valence-corrected chi connectivity index (χ0v) is 19.4. The molecule has 1 saturated heterocycles. The second kappa shape index (κ2) is 8.30. The van der Waals surface area contributed by atoms with E-state index in [9.17, 15) is 18.0 Å². The van der Waals surface area contributed by atoms with Crippen molar-refractivity contribution < 1.29 is 18.0 Å². The Hall–Kier alpha value is -1.93. The standard InChI is InChI=1S/C22H33N3O4S/c1-6-16(3)23-20(26)14-25-19-10-9-17(12-18(19)22(4,5)21(25)27)30(28,29)24-11-7-8-15(2)13-24/h9-10,12,15-16H,6-8,11,13-14H2,1-5H3,(H,23,26). The molecule has 8 heteroatoms. The number of carbonyl (C=O) groups excluding carboxylic acids is 2. The number of fused-ring (bicyclic) bond motifs is 1. The first-order valence-corrected chi connectivity index (χ1v) is 12.2. The van der Waals surface area contributed by atoms with Gasteiger partial charge in [0.05, 0.1) is 10.3 Å². The van der Waals surface area contributed by atoms with Crippen LogP contribution in [0.15, 0.2) is 23.1 Å². The summed E-state index contributed by atoms with van der Waals surface area (Å²) in [5, 5.41) is 2.88. The molecular weight excluding hydrogens is 402 g/mol. The third-order valence-electron chi connectivity index (χ3n) is 6.29. The van der Waals surface area contributed by atoms with E-state index in [0.29, 0.717) is 30.3 Å². The Kier molecular flexibility index (Phi) is 6.30. The third kappa shape index (κ3) is 4.12. The molecule has 0 aromatic heterocycles. The number of benzene rings is 1. The molecule has 1 aromatic rings. The zero-order chi connectivity index (χ0) is 22.3. The van der Waals surface area contributed by atoms with Crippen molar-refractivity contribution in [1.29, 1.82) is 0 Å². The van der Waals surface area contributed by atoms with Crippen LogP contribution in [-0.2, 0) is 25.0 Å². The van der Waals surface area contributed by atoms with Crippen LogP contribution in [0.4, 0.5) is 5.69 Å². The molecule has 2 amide bonds. The maximum absolute atomic E-state index is 13.2. The zero-order valence-electron chi connectivity index (χ0n) is 18.6. The molecule has 1 aromatic carbocycles. The van der Waals surface area contributed by atoms with Gasteiger partial charge in [0.15, 0.2) is 0 Å². The van der Waals surface area contributed by atoms with Crippen LogP contribution in [0.25, 0.3) is 0 Å². The van der Waals surface area contributed by atoms with Crippen LogP contribution in [0.3, 0.4) is 0 Å². The van der Waals surface area contributed by atoms with Crippen molar-refractivity contribution in [3.8, 4) is 0 Å². The minimum absolute atomic E-state index is 0.0298. The van der Waals surface area contributed by atoms with Gasteiger partial charge in [-0.15, -0.1) is 0 Å². The molecule has 2 unspecified atom stereocenters. The van der Waals surface area contributed by atoms with Crippen molar-refractivity contribution in [2.75, 3.05) is 24.5 Å². The van der Waals surface area contributed by atoms with Crippen molar-refractivity contribution in [2.45, 2.75) is 70.2 Å². The topological polar surface area (TPSA) is 86.8 Å². The lowest BCUT2D eigenvalue weighted by atomic mass is 9.86. The Labute approximate surface area is 179 Å². The number of nitrogens with one attached hydrogen (secondary N) is 1. The number of hydrogen-bond acceptors (Lipinski definition) is 4. The Balaban J connectivity index is 1.92. The first-order chi connectivity index (χ1) is 14.0. The highest BCUT2D eigenvalue weighted by Crippen LogP contribution is 2.42. The number of rotatable bonds is 6. The Morgan fingerprint density at radius 1 is 1.33 bits per heavy atom. The van der Waals surface area contributed by atoms with Crippen LogP contribution in [-0.4, -0.2) is 50.2 Å². The third-order valence-corrected chi connectivity index (χ3v) is 8.15. The van der Waals surface area contributed by atoms with Gasteiger partial charge < -0.3 is 10.2 Å². The second-order valence-electron chi connectivity index (χ2n) is 9.18. The van der Waals surface area contributed by atoms with E-state index >= 15 is 0 Å². The lowest BCUT2D eigenvalue weighted by Crippen LogP contribution is -2.44. The molecule has 2 aliphatic heterocycles. The minimum atomic E-state index is -3.62. The SMILES string of the molecule is CCC(C)NC(=O)CN1C(=O)C(C)(C)c2cc(S(=O)(=O)N3CCCC(C)C3)ccc21. The van der Waals surface area contributed by atoms with Crippen molar-refractivity contribution in [2.24, 2.45) is 5.92 Å². The van der Waals surface area contributed by atoms with Gasteiger partial charge in [-0.25, -0.2) is 8.42 Å². The largest absolute Gasteiger partial charge is 0.352 e. The van der Waals surface area contributed by atoms with Gasteiger partial charge in [-0.05, 0) is 69.7 Å². The molecule has 1 fully saturated rings. The lowest BCUT2D eigenvalue weighted by molar-refractivity contribution is -0.125. The minimum Gasteiger partial charge on any atom is -0.352 e. The number of carbonyl (C=O) groups is 2. The van der Waals surface area contributed by atoms with E-state index < -0.39 is 15.4 Å². The molecule has 0 saturated carbocycles. The van der Waals surface area contributed by atoms with Crippen LogP contribution >= 0.6 is 0 Å². The molecular formula is C22H33N3O4S. The molecule has 0 bridgehead atoms. The first-order valence-electron chi connectivity index (χ1n) is 10.7. The average molecular weight is 436 g/mol. The van der Waals surface area contributed by atoms with Gasteiger partial charge in [-0.2, -0.15) is 4.31 Å². The van der Waals surface area contributed by atoms with E-state index in [0.717, 1.165) is 19.3 Å². The van der Waals surface area contributed by atoms with E-state index in [1.807, 2.05) is 13.8 Å². The van der Waals surface area contributed by atoms with E-state index in [1.54, 1.807) is 36.4 Å². The monoisotopic (exact) mass is 435 g/mol. The Bertz CT molecular complexity index is 942. The van der Waals surface area contributed by atoms with Crippen molar-refractivity contribution in [3.05, 3.63) is 23.8 Å². The maximum Gasteiger partial charge on any atom is 0.243 e. The van der Waals surface area contributed by atoms with Gasteiger partial charge in [-0.1, -0.05) is 13.8 Å². The molecule has 2 heterocycles. The molecule has 2 aliphatic rings. The summed E-state index contributed by atoms with van der Waals surface area (Å²) in [5.41, 5.74) is 0.359. The fraction of sp³-hybridized carbons (Fsp3) is 0.636. The summed E-state index contributed by atoms with van der Waals surface area (Å²) in [6.45, 7) is 10.5. The number of sulfonamides is 1. The predicted molar refractivity (Wildman–Crippen MR) is 117 cm³/mol. The van der Waals surface area contributed by atoms with Gasteiger partial charge in [0.2, 0.25) is 21.8 Å². The summed E-state index contributed by atoms with van der Waals surface area (Å²) in [4.78, 5) is 27.1. The summed E-state index contributed by atoms with van der Waals surface area (Å²) < 4.78 is 27.9. The van der Waals surface area contributed by atoms with E-state index in [1.165, 1.54) is 4.90 Å². The normalized spacial score (nSPS) is 22.6. The van der Waals surface area contributed by atoms with Gasteiger partial charge in [0.25, 0.3) is 0 Å². The number of amides is 2. The van der Waals surface area contributed by atoms with Gasteiger partial charge in [-0.3, -0.25) is 9.59 Å². The van der Waals surface area contributed by atoms with Gasteiger partial charge in [0.1, 0.15) is 6.54 Å². The summed E-state index contributed by atoms with van der Waals surface area (Å²) in [7, 11) is -3.62. The average Bonchev–Trinajstić information content (AvgIpc) is 2.88. The second-order valence-corrected chi connectivity index (χ2v) is 11.1. The van der Waals surface area contributed by atoms with Crippen LogP contribution in [0.1, 0.15) is 59.4 Å². The summed E-state index contributed by atoms with van der Waals surface area (Å²) in [6.07, 6.45) is 2.69. The maximum atomic E-state index is 13.2. The van der Waals surface area contributed by atoms with Crippen LogP contribution in [0.5, 0.6) is 0 Å². The number of hydrogen-bond donors (Lipinski definition) is 1. The molecule has 0 spiro atoms. The number of piperidine rings is 1. The van der Waals surface area contributed by atoms with Gasteiger partial charge in [0, 0.05) is 24.8 Å². The number of nitrogens with zero attached hydrogens (tertiary/aromatic N) is 2. The Morgan fingerprint density at radius 3 is 2.67 bits per heavy atom. The molecule has 2 atom stereocenters. The molecule has 0 radical (unpaired) electrons. The fourth-order valence-electron chi connectivity index (χ4n) is 4.21. The molecule has 3 rings (SSSR count). The van der Waals surface area contributed by atoms with Gasteiger partial charge >= 0.3 is 0 Å². The summed E-state index contributed by atoms with van der Waals surface area (Å²) in [6, 6.07) is 4.87. The lowest BCUT2D eigenvalue weighted by Gasteiger charge is -2.30. The van der Waals surface area contributed by atoms with Crippen LogP contribution < -0.4 is 10.2 Å². The van der Waals surface area contributed by atoms with E-state index in [-0.39, 0.29) is 29.3 Å². The van der Waals surface area contributed by atoms with Crippen LogP contribution in [0.2, 0.25) is 0 Å². The quantitative estimate of drug-likeness (QED) is 0.744. The highest BCUT2D eigenvalue weighted by Gasteiger charge is 2.45. The van der Waals surface area contributed by atoms with Crippen molar-refractivity contribution in [1.82, 2.24) is 9.62 Å². The molecule has 30 heavy (non-hydrogen) atoms. The molecule has 7 nitrogen and oxygen atoms in total. The smallest absolute Gasteiger partial charge is 0.243 e. The first kappa shape index (κ1) is 22.7. The molecule has 0 aliphatic carbocycles. The number of anilines is 1. The van der Waals surface area contributed by atoms with Crippen molar-refractivity contribution >= 4 is 27.5 Å². The molecule has 1 N–H and O–H groups in total. The van der Waals surface area contributed by atoms with E-state index in [4.69, 9.17) is 0 Å². The van der Waals surface area contributed by atoms with Crippen molar-refractivity contribution in [3.63, 3.8) is 0 Å². The fourth-order valence-corrected chi connectivity index (χ4v) is 5.84. The summed E-state index contributed by atoms with van der Waals surface area (Å²) in [5.74, 6) is -0.0845. The molecule has 166 valence electrons. The van der Waals surface area contributed by atoms with E-state index in [2.05, 4.69) is 12.2 Å². The Morgan fingerprint density at radius 2 is 2.03 bits per heavy atom. The van der Waals surface area contributed by atoms with Crippen LogP contribution in [0, 0.1) is 5.92 Å². The highest BCUT2D eigenvalue weighted by atomic mass is 32.2.